The lowest BCUT2D eigenvalue weighted by molar-refractivity contribution is -0.137. The number of rotatable bonds is 2. The van der Waals surface area contributed by atoms with Gasteiger partial charge >= 0.3 is 6.18 Å². The van der Waals surface area contributed by atoms with E-state index in [4.69, 9.17) is 23.2 Å². The number of phenolic OH excluding ortho intramolecular Hbond substituents is 1. The Morgan fingerprint density at radius 2 is 1.88 bits per heavy atom. The van der Waals surface area contributed by atoms with Crippen molar-refractivity contribution in [2.45, 2.75) is 6.18 Å². The third-order valence-electron chi connectivity index (χ3n) is 3.82. The van der Waals surface area contributed by atoms with E-state index in [0.29, 0.717) is 5.69 Å². The van der Waals surface area contributed by atoms with Crippen molar-refractivity contribution in [3.8, 4) is 5.75 Å². The highest BCUT2D eigenvalue weighted by Gasteiger charge is 2.36. The van der Waals surface area contributed by atoms with Crippen molar-refractivity contribution in [2.24, 2.45) is 0 Å². The first-order valence-corrected chi connectivity index (χ1v) is 7.86. The molecule has 0 saturated carbocycles. The van der Waals surface area contributed by atoms with Crippen LogP contribution in [0.5, 0.6) is 5.75 Å². The Morgan fingerprint density at radius 1 is 1.16 bits per heavy atom. The van der Waals surface area contributed by atoms with E-state index < -0.39 is 21.5 Å². The van der Waals surface area contributed by atoms with Gasteiger partial charge in [0.25, 0.3) is 0 Å². The van der Waals surface area contributed by atoms with Crippen LogP contribution >= 0.6 is 23.2 Å². The number of hydroxylamine groups is 1. The number of alkyl halides is 3. The maximum Gasteiger partial charge on any atom is 0.417 e. The molecule has 1 unspecified atom stereocenters. The van der Waals surface area contributed by atoms with E-state index in [1.807, 2.05) is 0 Å². The lowest BCUT2D eigenvalue weighted by atomic mass is 10.2. The summed E-state index contributed by atoms with van der Waals surface area (Å²) in [6.45, 7) is 0.198. The average Bonchev–Trinajstić information content (AvgIpc) is 2.92. The SMILES string of the molecule is [O-][N+]1(c2cc(Cl)ccc2O)CCN(c2ccc(C(F)(F)F)c(Cl)c2)N1. The maximum absolute atomic E-state index is 12.9. The molecule has 1 aliphatic heterocycles. The maximum atomic E-state index is 12.9. The van der Waals surface area contributed by atoms with Crippen molar-refractivity contribution in [1.82, 2.24) is 10.3 Å². The Labute approximate surface area is 150 Å². The number of hydrazine groups is 1. The van der Waals surface area contributed by atoms with Crippen LogP contribution in [0.25, 0.3) is 0 Å². The van der Waals surface area contributed by atoms with Crippen molar-refractivity contribution in [2.75, 3.05) is 18.1 Å². The van der Waals surface area contributed by atoms with Crippen molar-refractivity contribution in [3.63, 3.8) is 0 Å². The minimum atomic E-state index is -4.56. The number of phenols is 1. The second-order valence-corrected chi connectivity index (χ2v) is 6.35. The van der Waals surface area contributed by atoms with Crippen LogP contribution in [0.3, 0.4) is 0 Å². The molecule has 2 aromatic rings. The molecule has 1 saturated heterocycles. The molecule has 134 valence electrons. The number of anilines is 1. The molecule has 1 atom stereocenters. The lowest BCUT2D eigenvalue weighted by Gasteiger charge is -2.36. The van der Waals surface area contributed by atoms with Gasteiger partial charge in [-0.2, -0.15) is 13.2 Å². The molecule has 5 nitrogen and oxygen atoms in total. The van der Waals surface area contributed by atoms with E-state index in [1.54, 1.807) is 0 Å². The van der Waals surface area contributed by atoms with Crippen LogP contribution in [0.15, 0.2) is 36.4 Å². The molecule has 0 bridgehead atoms. The molecule has 2 aromatic carbocycles. The quantitative estimate of drug-likeness (QED) is 0.583. The molecule has 2 N–H and O–H groups in total. The molecule has 1 aliphatic rings. The summed E-state index contributed by atoms with van der Waals surface area (Å²) in [6.07, 6.45) is -4.56. The number of hydrogen-bond acceptors (Lipinski definition) is 4. The highest BCUT2D eigenvalue weighted by atomic mass is 35.5. The molecule has 0 aliphatic carbocycles. The number of nitrogens with zero attached hydrogens (tertiary/aromatic N) is 2. The van der Waals surface area contributed by atoms with Gasteiger partial charge in [0.2, 0.25) is 0 Å². The van der Waals surface area contributed by atoms with Gasteiger partial charge in [0.15, 0.2) is 11.4 Å². The van der Waals surface area contributed by atoms with Gasteiger partial charge in [0.05, 0.1) is 22.8 Å². The molecular weight excluding hydrogens is 382 g/mol. The number of aromatic hydroxyl groups is 1. The summed E-state index contributed by atoms with van der Waals surface area (Å²) in [6, 6.07) is 7.28. The van der Waals surface area contributed by atoms with Gasteiger partial charge < -0.3 is 10.3 Å². The summed E-state index contributed by atoms with van der Waals surface area (Å²) in [7, 11) is 0. The third-order valence-corrected chi connectivity index (χ3v) is 4.36. The van der Waals surface area contributed by atoms with Crippen molar-refractivity contribution >= 4 is 34.6 Å². The van der Waals surface area contributed by atoms with E-state index in [2.05, 4.69) is 5.53 Å². The fraction of sp³-hybridized carbons (Fsp3) is 0.200. The van der Waals surface area contributed by atoms with Crippen molar-refractivity contribution in [1.29, 1.82) is 0 Å². The molecule has 1 heterocycles. The first-order chi connectivity index (χ1) is 11.6. The molecule has 0 spiro atoms. The van der Waals surface area contributed by atoms with Gasteiger partial charge in [0.1, 0.15) is 6.54 Å². The van der Waals surface area contributed by atoms with Gasteiger partial charge in [-0.15, -0.1) is 0 Å². The lowest BCUT2D eigenvalue weighted by Crippen LogP contribution is -2.53. The molecule has 25 heavy (non-hydrogen) atoms. The number of hydrogen-bond donors (Lipinski definition) is 2. The largest absolute Gasteiger partial charge is 0.605 e. The van der Waals surface area contributed by atoms with Crippen LogP contribution in [0.1, 0.15) is 5.56 Å². The Morgan fingerprint density at radius 3 is 2.52 bits per heavy atom. The minimum absolute atomic E-state index is 0.00649. The summed E-state index contributed by atoms with van der Waals surface area (Å²) >= 11 is 11.6. The second-order valence-electron chi connectivity index (χ2n) is 5.51. The van der Waals surface area contributed by atoms with Crippen LogP contribution in [-0.2, 0) is 6.18 Å². The van der Waals surface area contributed by atoms with E-state index in [9.17, 15) is 23.5 Å². The monoisotopic (exact) mass is 393 g/mol. The fourth-order valence-corrected chi connectivity index (χ4v) is 3.03. The van der Waals surface area contributed by atoms with Gasteiger partial charge in [-0.1, -0.05) is 28.7 Å². The van der Waals surface area contributed by atoms with Gasteiger partial charge in [-0.3, -0.25) is 5.01 Å². The predicted molar refractivity (Wildman–Crippen MR) is 90.1 cm³/mol. The first kappa shape index (κ1) is 18.1. The highest BCUT2D eigenvalue weighted by molar-refractivity contribution is 6.31. The summed E-state index contributed by atoms with van der Waals surface area (Å²) < 4.78 is 37.2. The minimum Gasteiger partial charge on any atom is -0.605 e. The highest BCUT2D eigenvalue weighted by Crippen LogP contribution is 2.38. The molecular formula is C15H12Cl2F3N3O2. The topological polar surface area (TPSA) is 58.6 Å². The van der Waals surface area contributed by atoms with Crippen LogP contribution in [0, 0.1) is 5.21 Å². The van der Waals surface area contributed by atoms with E-state index in [-0.39, 0.29) is 29.5 Å². The van der Waals surface area contributed by atoms with Crippen LogP contribution in [-0.4, -0.2) is 18.2 Å². The van der Waals surface area contributed by atoms with Crippen molar-refractivity contribution < 1.29 is 18.3 Å². The summed E-state index contributed by atoms with van der Waals surface area (Å²) in [5.74, 6) is -0.237. The number of nitrogens with one attached hydrogen (secondary N) is 1. The van der Waals surface area contributed by atoms with Crippen molar-refractivity contribution in [3.05, 3.63) is 57.2 Å². The van der Waals surface area contributed by atoms with Gasteiger partial charge in [0, 0.05) is 11.1 Å². The number of halogens is 5. The normalized spacial score (nSPS) is 21.0. The first-order valence-electron chi connectivity index (χ1n) is 7.10. The Balaban J connectivity index is 1.88. The molecule has 0 amide bonds. The van der Waals surface area contributed by atoms with E-state index in [1.165, 1.54) is 29.3 Å². The number of benzene rings is 2. The molecule has 10 heteroatoms. The van der Waals surface area contributed by atoms with Crippen LogP contribution in [0.4, 0.5) is 24.5 Å². The van der Waals surface area contributed by atoms with Gasteiger partial charge in [-0.05, 0) is 30.3 Å². The number of quaternary nitrogens is 1. The van der Waals surface area contributed by atoms with E-state index >= 15 is 0 Å². The summed E-state index contributed by atoms with van der Waals surface area (Å²) in [4.78, 5) is 0. The zero-order valence-corrected chi connectivity index (χ0v) is 14.0. The Hall–Kier alpha value is -1.71. The molecule has 0 radical (unpaired) electrons. The Bertz CT molecular complexity index is 819. The predicted octanol–water partition coefficient (Wildman–Crippen LogP) is 4.46. The summed E-state index contributed by atoms with van der Waals surface area (Å²) in [5, 5.41) is 24.0. The zero-order valence-electron chi connectivity index (χ0n) is 12.5. The fourth-order valence-electron chi connectivity index (χ4n) is 2.58. The second kappa shape index (κ2) is 6.22. The van der Waals surface area contributed by atoms with Crippen LogP contribution < -0.4 is 15.3 Å². The Kier molecular flexibility index (Phi) is 4.50. The zero-order chi connectivity index (χ0) is 18.4. The molecule has 3 rings (SSSR count). The average molecular weight is 394 g/mol. The third kappa shape index (κ3) is 3.49. The van der Waals surface area contributed by atoms with E-state index in [0.717, 1.165) is 12.1 Å². The van der Waals surface area contributed by atoms with Gasteiger partial charge in [-0.25, -0.2) is 4.76 Å². The molecule has 1 fully saturated rings. The summed E-state index contributed by atoms with van der Waals surface area (Å²) in [5.41, 5.74) is 1.97. The van der Waals surface area contributed by atoms with Crippen LogP contribution in [0.2, 0.25) is 10.0 Å². The standard InChI is InChI=1S/C15H12Cl2F3N3O2/c16-9-1-4-14(24)13(7-9)23(25)6-5-22(21-23)10-2-3-11(12(17)8-10)15(18,19)20/h1-4,7-8,21,24H,5-6H2. The smallest absolute Gasteiger partial charge is 0.417 e. The molecule has 0 aromatic heterocycles.